The van der Waals surface area contributed by atoms with Crippen molar-refractivity contribution in [2.75, 3.05) is 0 Å². The molecule has 2 N–H and O–H groups in total. The lowest BCUT2D eigenvalue weighted by molar-refractivity contribution is 0.193. The van der Waals surface area contributed by atoms with Crippen molar-refractivity contribution in [2.45, 2.75) is 20.0 Å². The molecule has 1 aromatic rings. The average Bonchev–Trinajstić information content (AvgIpc) is 2.07. The maximum absolute atomic E-state index is 13.2. The van der Waals surface area contributed by atoms with Crippen molar-refractivity contribution in [1.29, 1.82) is 0 Å². The molecule has 1 atom stereocenters. The van der Waals surface area contributed by atoms with E-state index in [0.717, 1.165) is 0 Å². The average molecular weight is 205 g/mol. The van der Waals surface area contributed by atoms with E-state index < -0.39 is 17.7 Å². The molecule has 0 fully saturated rings. The third kappa shape index (κ3) is 1.76. The topological polar surface area (TPSA) is 40.5 Å². The van der Waals surface area contributed by atoms with Gasteiger partial charge in [-0.05, 0) is 25.5 Å². The minimum atomic E-state index is -0.957. The van der Waals surface area contributed by atoms with E-state index in [0.29, 0.717) is 5.56 Å². The summed E-state index contributed by atoms with van der Waals surface area (Å²) in [6.07, 6.45) is -0.957. The molecular formula is C9H10ClFO2. The number of aliphatic hydroxyl groups is 1. The number of phenolic OH excluding ortho intramolecular Hbond substituents is 1. The summed E-state index contributed by atoms with van der Waals surface area (Å²) in [5.41, 5.74) is 0.593. The molecule has 1 aromatic carbocycles. The minimum absolute atomic E-state index is 0.0121. The van der Waals surface area contributed by atoms with Gasteiger partial charge in [-0.1, -0.05) is 11.6 Å². The monoisotopic (exact) mass is 204 g/mol. The lowest BCUT2D eigenvalue weighted by atomic mass is 10.1. The Morgan fingerprint density at radius 2 is 2.08 bits per heavy atom. The van der Waals surface area contributed by atoms with Gasteiger partial charge in [-0.15, -0.1) is 0 Å². The van der Waals surface area contributed by atoms with Gasteiger partial charge in [-0.3, -0.25) is 0 Å². The van der Waals surface area contributed by atoms with Crippen LogP contribution in [0.3, 0.4) is 0 Å². The number of rotatable bonds is 1. The van der Waals surface area contributed by atoms with Crippen molar-refractivity contribution >= 4 is 11.6 Å². The molecule has 0 saturated heterocycles. The zero-order valence-corrected chi connectivity index (χ0v) is 8.06. The molecule has 0 aliphatic heterocycles. The normalized spacial score (nSPS) is 13.0. The van der Waals surface area contributed by atoms with Gasteiger partial charge in [-0.2, -0.15) is 0 Å². The molecule has 2 nitrogen and oxygen atoms in total. The zero-order chi connectivity index (χ0) is 10.2. The van der Waals surface area contributed by atoms with Crippen LogP contribution in [0.1, 0.15) is 24.2 Å². The van der Waals surface area contributed by atoms with E-state index in [9.17, 15) is 9.50 Å². The number of aromatic hydroxyl groups is 1. The smallest absolute Gasteiger partial charge is 0.172 e. The SMILES string of the molecule is Cc1cc(C(C)O)c(F)c(O)c1Cl. The lowest BCUT2D eigenvalue weighted by Gasteiger charge is -2.10. The van der Waals surface area contributed by atoms with Crippen LogP contribution in [0.15, 0.2) is 6.07 Å². The molecule has 0 aliphatic rings. The second-order valence-electron chi connectivity index (χ2n) is 2.94. The Morgan fingerprint density at radius 3 is 2.54 bits per heavy atom. The Hall–Kier alpha value is -0.800. The molecule has 0 aliphatic carbocycles. The third-order valence-electron chi connectivity index (χ3n) is 1.84. The molecule has 0 spiro atoms. The van der Waals surface area contributed by atoms with Crippen LogP contribution < -0.4 is 0 Å². The van der Waals surface area contributed by atoms with Crippen LogP contribution in [-0.2, 0) is 0 Å². The van der Waals surface area contributed by atoms with E-state index in [4.69, 9.17) is 16.7 Å². The Balaban J connectivity index is 3.41. The summed E-state index contributed by atoms with van der Waals surface area (Å²) in [5, 5.41) is 18.3. The van der Waals surface area contributed by atoms with Gasteiger partial charge in [0.2, 0.25) is 0 Å². The van der Waals surface area contributed by atoms with Gasteiger partial charge in [0.1, 0.15) is 0 Å². The number of hydrogen-bond acceptors (Lipinski definition) is 2. The van der Waals surface area contributed by atoms with E-state index in [1.54, 1.807) is 6.92 Å². The molecule has 4 heteroatoms. The first kappa shape index (κ1) is 10.3. The van der Waals surface area contributed by atoms with Gasteiger partial charge in [0, 0.05) is 5.56 Å². The second-order valence-corrected chi connectivity index (χ2v) is 3.31. The van der Waals surface area contributed by atoms with Crippen molar-refractivity contribution in [3.8, 4) is 5.75 Å². The van der Waals surface area contributed by atoms with Crippen molar-refractivity contribution in [1.82, 2.24) is 0 Å². The van der Waals surface area contributed by atoms with Crippen LogP contribution in [0.25, 0.3) is 0 Å². The predicted molar refractivity (Wildman–Crippen MR) is 48.4 cm³/mol. The van der Waals surface area contributed by atoms with Gasteiger partial charge in [-0.25, -0.2) is 4.39 Å². The van der Waals surface area contributed by atoms with E-state index in [-0.39, 0.29) is 10.6 Å². The highest BCUT2D eigenvalue weighted by Crippen LogP contribution is 2.34. The third-order valence-corrected chi connectivity index (χ3v) is 2.31. The summed E-state index contributed by atoms with van der Waals surface area (Å²) in [4.78, 5) is 0. The van der Waals surface area contributed by atoms with Crippen molar-refractivity contribution < 1.29 is 14.6 Å². The van der Waals surface area contributed by atoms with Crippen LogP contribution in [0, 0.1) is 12.7 Å². The Labute approximate surface area is 80.6 Å². The first-order chi connectivity index (χ1) is 5.95. The summed E-state index contributed by atoms with van der Waals surface area (Å²) in [6.45, 7) is 3.05. The molecule has 0 bridgehead atoms. The quantitative estimate of drug-likeness (QED) is 0.738. The molecule has 13 heavy (non-hydrogen) atoms. The molecular weight excluding hydrogens is 195 g/mol. The summed E-state index contributed by atoms with van der Waals surface area (Å²) in [7, 11) is 0. The fourth-order valence-electron chi connectivity index (χ4n) is 1.08. The lowest BCUT2D eigenvalue weighted by Crippen LogP contribution is -1.97. The van der Waals surface area contributed by atoms with Crippen LogP contribution in [0.5, 0.6) is 5.75 Å². The zero-order valence-electron chi connectivity index (χ0n) is 7.31. The Morgan fingerprint density at radius 1 is 1.54 bits per heavy atom. The van der Waals surface area contributed by atoms with Crippen LogP contribution in [0.2, 0.25) is 5.02 Å². The fraction of sp³-hybridized carbons (Fsp3) is 0.333. The van der Waals surface area contributed by atoms with Gasteiger partial charge in [0.15, 0.2) is 11.6 Å². The maximum atomic E-state index is 13.2. The standard InChI is InChI=1S/C9H10ClFO2/c1-4-3-6(5(2)12)8(11)9(13)7(4)10/h3,5,12-13H,1-2H3. The number of aryl methyl sites for hydroxylation is 1. The van der Waals surface area contributed by atoms with Gasteiger partial charge in [0.25, 0.3) is 0 Å². The second kappa shape index (κ2) is 3.52. The molecule has 0 saturated carbocycles. The molecule has 1 rings (SSSR count). The fourth-order valence-corrected chi connectivity index (χ4v) is 1.22. The highest BCUT2D eigenvalue weighted by molar-refractivity contribution is 6.32. The van der Waals surface area contributed by atoms with Crippen LogP contribution >= 0.6 is 11.6 Å². The highest BCUT2D eigenvalue weighted by Gasteiger charge is 2.16. The van der Waals surface area contributed by atoms with Crippen LogP contribution in [0.4, 0.5) is 4.39 Å². The number of hydrogen-bond donors (Lipinski definition) is 2. The summed E-state index contributed by atoms with van der Waals surface area (Å²) >= 11 is 5.59. The molecule has 0 heterocycles. The Bertz CT molecular complexity index is 337. The first-order valence-electron chi connectivity index (χ1n) is 3.80. The number of phenols is 1. The van der Waals surface area contributed by atoms with Crippen molar-refractivity contribution in [3.63, 3.8) is 0 Å². The molecule has 1 unspecified atom stereocenters. The van der Waals surface area contributed by atoms with E-state index in [1.165, 1.54) is 13.0 Å². The van der Waals surface area contributed by atoms with Gasteiger partial charge in [0.05, 0.1) is 11.1 Å². The number of benzene rings is 1. The van der Waals surface area contributed by atoms with Crippen molar-refractivity contribution in [3.05, 3.63) is 28.0 Å². The van der Waals surface area contributed by atoms with Crippen LogP contribution in [-0.4, -0.2) is 10.2 Å². The molecule has 0 amide bonds. The first-order valence-corrected chi connectivity index (χ1v) is 4.18. The van der Waals surface area contributed by atoms with Crippen molar-refractivity contribution in [2.24, 2.45) is 0 Å². The largest absolute Gasteiger partial charge is 0.504 e. The maximum Gasteiger partial charge on any atom is 0.172 e. The van der Waals surface area contributed by atoms with E-state index in [2.05, 4.69) is 0 Å². The minimum Gasteiger partial charge on any atom is -0.504 e. The summed E-state index contributed by atoms with van der Waals surface area (Å²) in [5.74, 6) is -1.46. The predicted octanol–water partition coefficient (Wildman–Crippen LogP) is 2.55. The summed E-state index contributed by atoms with van der Waals surface area (Å²) in [6, 6.07) is 1.42. The summed E-state index contributed by atoms with van der Waals surface area (Å²) < 4.78 is 13.2. The Kier molecular flexibility index (Phi) is 2.78. The van der Waals surface area contributed by atoms with E-state index >= 15 is 0 Å². The highest BCUT2D eigenvalue weighted by atomic mass is 35.5. The van der Waals surface area contributed by atoms with Gasteiger partial charge >= 0.3 is 0 Å². The molecule has 0 aromatic heterocycles. The molecule has 72 valence electrons. The van der Waals surface area contributed by atoms with Gasteiger partial charge < -0.3 is 10.2 Å². The van der Waals surface area contributed by atoms with E-state index in [1.807, 2.05) is 0 Å². The molecule has 0 radical (unpaired) electrons. The number of aliphatic hydroxyl groups excluding tert-OH is 1. The number of halogens is 2.